The van der Waals surface area contributed by atoms with Crippen LogP contribution < -0.4 is 5.73 Å². The van der Waals surface area contributed by atoms with Gasteiger partial charge in [0.25, 0.3) is 0 Å². The fourth-order valence-corrected chi connectivity index (χ4v) is 4.22. The van der Waals surface area contributed by atoms with Gasteiger partial charge in [0, 0.05) is 5.54 Å². The van der Waals surface area contributed by atoms with Crippen LogP contribution in [0.1, 0.15) is 38.5 Å². The van der Waals surface area contributed by atoms with E-state index in [1.54, 1.807) is 0 Å². The third kappa shape index (κ3) is 1.57. The van der Waals surface area contributed by atoms with Gasteiger partial charge in [0.1, 0.15) is 6.17 Å². The summed E-state index contributed by atoms with van der Waals surface area (Å²) in [4.78, 5) is 0. The van der Waals surface area contributed by atoms with Crippen molar-refractivity contribution in [2.24, 2.45) is 23.5 Å². The third-order valence-corrected chi connectivity index (χ3v) is 4.43. The molecule has 0 amide bonds. The highest BCUT2D eigenvalue weighted by Gasteiger charge is 2.49. The molecule has 4 bridgehead atoms. The smallest absolute Gasteiger partial charge is 0.103 e. The van der Waals surface area contributed by atoms with Crippen LogP contribution in [-0.2, 0) is 0 Å². The Morgan fingerprint density at radius 2 is 1.64 bits per heavy atom. The van der Waals surface area contributed by atoms with Crippen LogP contribution in [0.3, 0.4) is 0 Å². The molecule has 3 heteroatoms. The van der Waals surface area contributed by atoms with Crippen LogP contribution >= 0.6 is 12.4 Å². The van der Waals surface area contributed by atoms with Gasteiger partial charge in [-0.25, -0.2) is 4.39 Å². The Morgan fingerprint density at radius 1 is 1.00 bits per heavy atom. The summed E-state index contributed by atoms with van der Waals surface area (Å²) in [6.45, 7) is 0. The highest BCUT2D eigenvalue weighted by atomic mass is 35.5. The van der Waals surface area contributed by atoms with Crippen molar-refractivity contribution in [3.63, 3.8) is 0 Å². The molecular weight excluding hydrogens is 201 g/mol. The van der Waals surface area contributed by atoms with E-state index in [1.807, 2.05) is 0 Å². The van der Waals surface area contributed by atoms with E-state index < -0.39 is 6.17 Å². The lowest BCUT2D eigenvalue weighted by molar-refractivity contribution is 0.0902. The maximum absolute atomic E-state index is 13.7. The minimum atomic E-state index is -0.541. The summed E-state index contributed by atoms with van der Waals surface area (Å²) in [5, 5.41) is 0. The Kier molecular flexibility index (Phi) is 2.55. The number of fused-ring (bicyclic) bond motifs is 1. The largest absolute Gasteiger partial charge is 0.325 e. The van der Waals surface area contributed by atoms with Crippen LogP contribution in [0.2, 0.25) is 0 Å². The molecule has 4 aliphatic rings. The number of halogens is 2. The highest BCUT2D eigenvalue weighted by molar-refractivity contribution is 5.85. The predicted octanol–water partition coefficient (Wildman–Crippen LogP) is 2.67. The summed E-state index contributed by atoms with van der Waals surface area (Å²) in [6.07, 6.45) is 5.88. The van der Waals surface area contributed by atoms with Gasteiger partial charge >= 0.3 is 0 Å². The van der Waals surface area contributed by atoms with E-state index in [-0.39, 0.29) is 17.9 Å². The molecule has 1 nitrogen and oxygen atoms in total. The van der Waals surface area contributed by atoms with Crippen LogP contribution in [0.4, 0.5) is 4.39 Å². The van der Waals surface area contributed by atoms with E-state index in [0.717, 1.165) is 31.6 Å². The van der Waals surface area contributed by atoms with Crippen molar-refractivity contribution in [3.05, 3.63) is 0 Å². The fraction of sp³-hybridized carbons (Fsp3) is 1.00. The normalized spacial score (nSPS) is 55.3. The zero-order valence-corrected chi connectivity index (χ0v) is 9.23. The van der Waals surface area contributed by atoms with E-state index in [4.69, 9.17) is 5.73 Å². The number of alkyl halides is 1. The molecule has 0 aromatic carbocycles. The van der Waals surface area contributed by atoms with Crippen LogP contribution in [0.25, 0.3) is 0 Å². The summed E-state index contributed by atoms with van der Waals surface area (Å²) in [5.74, 6) is 1.66. The predicted molar refractivity (Wildman–Crippen MR) is 57.2 cm³/mol. The molecule has 4 fully saturated rings. The molecule has 0 aromatic heterocycles. The molecule has 14 heavy (non-hydrogen) atoms. The Morgan fingerprint density at radius 3 is 2.29 bits per heavy atom. The molecule has 4 saturated carbocycles. The van der Waals surface area contributed by atoms with Gasteiger partial charge in [-0.3, -0.25) is 0 Å². The van der Waals surface area contributed by atoms with Crippen molar-refractivity contribution in [1.29, 1.82) is 0 Å². The average Bonchev–Trinajstić information content (AvgIpc) is 2.12. The fourth-order valence-electron chi connectivity index (χ4n) is 4.22. The van der Waals surface area contributed by atoms with E-state index in [9.17, 15) is 4.39 Å². The van der Waals surface area contributed by atoms with E-state index >= 15 is 0 Å². The van der Waals surface area contributed by atoms with Crippen LogP contribution in [0.5, 0.6) is 0 Å². The molecule has 4 rings (SSSR count). The Bertz CT molecular complexity index is 235. The lowest BCUT2D eigenvalue weighted by atomic mass is 9.63. The maximum atomic E-state index is 13.7. The van der Waals surface area contributed by atoms with E-state index in [1.165, 1.54) is 12.8 Å². The van der Waals surface area contributed by atoms with Crippen molar-refractivity contribution < 1.29 is 4.39 Å². The third-order valence-electron chi connectivity index (χ3n) is 4.43. The second-order valence-corrected chi connectivity index (χ2v) is 5.69. The van der Waals surface area contributed by atoms with Gasteiger partial charge in [0.05, 0.1) is 0 Å². The van der Waals surface area contributed by atoms with Gasteiger partial charge in [0.15, 0.2) is 0 Å². The van der Waals surface area contributed by atoms with Gasteiger partial charge in [-0.1, -0.05) is 0 Å². The zero-order chi connectivity index (χ0) is 9.05. The van der Waals surface area contributed by atoms with E-state index in [0.29, 0.717) is 11.8 Å². The number of hydrogen-bond acceptors (Lipinski definition) is 1. The zero-order valence-electron chi connectivity index (χ0n) is 8.42. The Labute approximate surface area is 91.0 Å². The van der Waals surface area contributed by atoms with Crippen molar-refractivity contribution in [1.82, 2.24) is 0 Å². The van der Waals surface area contributed by atoms with Crippen LogP contribution in [0, 0.1) is 17.8 Å². The Balaban J connectivity index is 0.000000750. The summed E-state index contributed by atoms with van der Waals surface area (Å²) in [5.41, 5.74) is 6.34. The molecule has 0 heterocycles. The topological polar surface area (TPSA) is 26.0 Å². The molecule has 0 aliphatic heterocycles. The minimum absolute atomic E-state index is 0. The number of nitrogens with two attached hydrogens (primary N) is 1. The number of rotatable bonds is 0. The standard InChI is InChI=1S/C11H18FN.ClH/c12-10-3-8-1-7-2-9(10)6-11(13,4-7)5-8;/h7-10H,1-6,13H2;1H/t7-,8+,9+,10+,11-;/m1./s1. The molecule has 0 radical (unpaired) electrons. The molecule has 5 atom stereocenters. The van der Waals surface area contributed by atoms with Gasteiger partial charge in [-0.05, 0) is 56.3 Å². The second-order valence-electron chi connectivity index (χ2n) is 5.69. The summed E-state index contributed by atoms with van der Waals surface area (Å²) in [6, 6.07) is 0. The lowest BCUT2D eigenvalue weighted by Crippen LogP contribution is -2.50. The van der Waals surface area contributed by atoms with Gasteiger partial charge in [-0.15, -0.1) is 12.4 Å². The molecule has 0 saturated heterocycles. The van der Waals surface area contributed by atoms with Crippen LogP contribution in [0.15, 0.2) is 0 Å². The first-order chi connectivity index (χ1) is 6.15. The maximum Gasteiger partial charge on any atom is 0.103 e. The molecule has 0 spiro atoms. The van der Waals surface area contributed by atoms with Gasteiger partial charge in [-0.2, -0.15) is 0 Å². The average molecular weight is 220 g/mol. The van der Waals surface area contributed by atoms with Gasteiger partial charge < -0.3 is 5.73 Å². The molecular formula is C11H19ClFN. The van der Waals surface area contributed by atoms with Crippen molar-refractivity contribution in [2.45, 2.75) is 50.2 Å². The minimum Gasteiger partial charge on any atom is -0.325 e. The monoisotopic (exact) mass is 219 g/mol. The van der Waals surface area contributed by atoms with Crippen LogP contribution in [-0.4, -0.2) is 11.7 Å². The first-order valence-electron chi connectivity index (χ1n) is 5.58. The number of hydrogen-bond donors (Lipinski definition) is 1. The van der Waals surface area contributed by atoms with Crippen molar-refractivity contribution in [3.8, 4) is 0 Å². The molecule has 2 N–H and O–H groups in total. The highest BCUT2D eigenvalue weighted by Crippen LogP contribution is 2.52. The molecule has 4 aliphatic carbocycles. The second kappa shape index (κ2) is 3.34. The molecule has 0 unspecified atom stereocenters. The SMILES string of the molecule is Cl.N[C@@]12C[C@@H]3C[C@@H](C[C@H](F)[C@@H](C3)C1)C2. The quantitative estimate of drug-likeness (QED) is 0.666. The summed E-state index contributed by atoms with van der Waals surface area (Å²) >= 11 is 0. The van der Waals surface area contributed by atoms with Gasteiger partial charge in [0.2, 0.25) is 0 Å². The van der Waals surface area contributed by atoms with E-state index in [2.05, 4.69) is 0 Å². The first kappa shape index (κ1) is 10.7. The Hall–Kier alpha value is 0.180. The lowest BCUT2D eigenvalue weighted by Gasteiger charge is -2.45. The first-order valence-corrected chi connectivity index (χ1v) is 5.58. The molecule has 82 valence electrons. The molecule has 0 aromatic rings. The summed E-state index contributed by atoms with van der Waals surface area (Å²) in [7, 11) is 0. The van der Waals surface area contributed by atoms with Crippen molar-refractivity contribution >= 4 is 12.4 Å². The summed E-state index contributed by atoms with van der Waals surface area (Å²) < 4.78 is 13.7. The van der Waals surface area contributed by atoms with Crippen molar-refractivity contribution in [2.75, 3.05) is 0 Å².